The van der Waals surface area contributed by atoms with Crippen LogP contribution in [-0.4, -0.2) is 0 Å². The fraction of sp³-hybridized carbons (Fsp3) is 0. The highest BCUT2D eigenvalue weighted by atomic mass is 16.3. The van der Waals surface area contributed by atoms with Crippen LogP contribution >= 0.6 is 0 Å². The predicted molar refractivity (Wildman–Crippen MR) is 208 cm³/mol. The highest BCUT2D eigenvalue weighted by Gasteiger charge is 2.20. The molecule has 0 aliphatic carbocycles. The van der Waals surface area contributed by atoms with Gasteiger partial charge in [-0.3, -0.25) is 0 Å². The maximum Gasteiger partial charge on any atom is 0.143 e. The number of hydrogen-bond donors (Lipinski definition) is 0. The molecule has 49 heavy (non-hydrogen) atoms. The van der Waals surface area contributed by atoms with Crippen molar-refractivity contribution < 1.29 is 16.8 Å². The lowest BCUT2D eigenvalue weighted by molar-refractivity contribution is 0.673. The quantitative estimate of drug-likeness (QED) is 0.176. The van der Waals surface area contributed by atoms with E-state index in [0.717, 1.165) is 70.9 Å². The summed E-state index contributed by atoms with van der Waals surface area (Å²) in [6, 6.07) is 37.6. The molecule has 1 aromatic heterocycles. The molecule has 0 amide bonds. The van der Waals surface area contributed by atoms with Crippen LogP contribution in [-0.2, 0) is 0 Å². The monoisotopic (exact) mass is 631 g/mol. The zero-order valence-corrected chi connectivity index (χ0v) is 26.0. The van der Waals surface area contributed by atoms with Crippen LogP contribution in [0.3, 0.4) is 0 Å². The van der Waals surface area contributed by atoms with E-state index in [9.17, 15) is 2.74 Å². The molecular weight excluding hydrogens is 593 g/mol. The molecule has 228 valence electrons. The summed E-state index contributed by atoms with van der Waals surface area (Å²) in [5.74, 6) is 0. The minimum atomic E-state index is -0.615. The Morgan fingerprint density at radius 3 is 1.63 bits per heavy atom. The van der Waals surface area contributed by atoms with Crippen LogP contribution < -0.4 is 0 Å². The molecule has 0 saturated carbocycles. The van der Waals surface area contributed by atoms with Gasteiger partial charge < -0.3 is 4.42 Å². The van der Waals surface area contributed by atoms with Crippen LogP contribution in [0.4, 0.5) is 0 Å². The normalized spacial score (nSPS) is 14.2. The number of hydrogen-bond acceptors (Lipinski definition) is 1. The van der Waals surface area contributed by atoms with E-state index >= 15 is 0 Å². The van der Waals surface area contributed by atoms with Crippen LogP contribution in [0.15, 0.2) is 186 Å². The zero-order chi connectivity index (χ0) is 40.1. The van der Waals surface area contributed by atoms with Crippen molar-refractivity contribution in [3.05, 3.63) is 182 Å². The second-order valence-corrected chi connectivity index (χ2v) is 12.1. The standard InChI is InChI=1S/C48H30O/c1-2-12-31(13-3-1)32-22-24-34(25-23-32)36-15-6-7-17-39(36)47-42-20-10-8-18-40(42)46(41-19-9-11-21-43(41)47)35-27-28-38-44-29-26-33-14-4-5-16-37(33)48(44)49-45(38)30-35/h1-30H/i1D,2D,3D,12D,13D,22D,23D,24D,25D. The topological polar surface area (TPSA) is 13.1 Å². The first kappa shape index (κ1) is 20.0. The van der Waals surface area contributed by atoms with Gasteiger partial charge >= 0.3 is 0 Å². The lowest BCUT2D eigenvalue weighted by atomic mass is 9.83. The van der Waals surface area contributed by atoms with Crippen molar-refractivity contribution >= 4 is 54.3 Å². The van der Waals surface area contributed by atoms with Crippen LogP contribution in [0.25, 0.3) is 98.8 Å². The van der Waals surface area contributed by atoms with Crippen LogP contribution in [0.2, 0.25) is 0 Å². The second-order valence-electron chi connectivity index (χ2n) is 12.1. The molecule has 1 nitrogen and oxygen atoms in total. The highest BCUT2D eigenvalue weighted by Crippen LogP contribution is 2.47. The van der Waals surface area contributed by atoms with Crippen molar-refractivity contribution in [2.75, 3.05) is 0 Å². The summed E-state index contributed by atoms with van der Waals surface area (Å²) in [5, 5.41) is 8.04. The van der Waals surface area contributed by atoms with Gasteiger partial charge in [-0.05, 0) is 89.6 Å². The lowest BCUT2D eigenvalue weighted by Crippen LogP contribution is -1.92. The fourth-order valence-electron chi connectivity index (χ4n) is 7.26. The van der Waals surface area contributed by atoms with Gasteiger partial charge in [0.1, 0.15) is 11.2 Å². The van der Waals surface area contributed by atoms with E-state index in [0.29, 0.717) is 11.1 Å². The molecule has 0 N–H and O–H groups in total. The summed E-state index contributed by atoms with van der Waals surface area (Å²) in [4.78, 5) is 0. The number of rotatable bonds is 4. The highest BCUT2D eigenvalue weighted by molar-refractivity contribution is 6.23. The first-order chi connectivity index (χ1) is 28.1. The minimum absolute atomic E-state index is 0.0433. The third kappa shape index (κ3) is 4.40. The van der Waals surface area contributed by atoms with E-state index in [2.05, 4.69) is 66.7 Å². The molecule has 0 fully saturated rings. The Balaban J connectivity index is 1.22. The van der Waals surface area contributed by atoms with E-state index in [1.807, 2.05) is 48.5 Å². The minimum Gasteiger partial charge on any atom is -0.455 e. The van der Waals surface area contributed by atoms with Gasteiger partial charge in [0.15, 0.2) is 0 Å². The van der Waals surface area contributed by atoms with Crippen LogP contribution in [0.5, 0.6) is 0 Å². The Labute approximate surface area is 297 Å². The SMILES string of the molecule is [2H]c1c([2H])c([2H])c(-c2c([2H])c([2H])c(-c3ccccc3-c3c4ccccc4c(-c4ccc5c(c4)oc4c6ccccc6ccc54)c4ccccc34)c([2H])c2[2H])c([2H])c1[2H]. The molecule has 0 spiro atoms. The average molecular weight is 632 g/mol. The summed E-state index contributed by atoms with van der Waals surface area (Å²) in [7, 11) is 0. The molecule has 0 bridgehead atoms. The summed E-state index contributed by atoms with van der Waals surface area (Å²) in [5.41, 5.74) is 4.97. The van der Waals surface area contributed by atoms with E-state index in [4.69, 9.17) is 14.0 Å². The third-order valence-corrected chi connectivity index (χ3v) is 9.42. The molecule has 0 aliphatic rings. The van der Waals surface area contributed by atoms with Crippen molar-refractivity contribution in [3.8, 4) is 44.5 Å². The van der Waals surface area contributed by atoms with Gasteiger partial charge in [-0.15, -0.1) is 0 Å². The predicted octanol–water partition coefficient (Wildman–Crippen LogP) is 13.7. The molecule has 0 unspecified atom stereocenters. The second kappa shape index (κ2) is 11.1. The molecule has 0 aliphatic heterocycles. The molecule has 9 aromatic carbocycles. The number of fused-ring (bicyclic) bond motifs is 7. The Kier molecular flexibility index (Phi) is 4.53. The summed E-state index contributed by atoms with van der Waals surface area (Å²) >= 11 is 0. The first-order valence-electron chi connectivity index (χ1n) is 20.6. The van der Waals surface area contributed by atoms with Crippen molar-refractivity contribution in [1.82, 2.24) is 0 Å². The summed E-state index contributed by atoms with van der Waals surface area (Å²) in [6.07, 6.45) is 0. The molecule has 10 aromatic rings. The van der Waals surface area contributed by atoms with Gasteiger partial charge in [0.05, 0.1) is 12.3 Å². The van der Waals surface area contributed by atoms with E-state index in [1.165, 1.54) is 0 Å². The van der Waals surface area contributed by atoms with Gasteiger partial charge in [-0.1, -0.05) is 164 Å². The van der Waals surface area contributed by atoms with Gasteiger partial charge in [0, 0.05) is 16.2 Å². The van der Waals surface area contributed by atoms with E-state index < -0.39 is 42.3 Å². The van der Waals surface area contributed by atoms with Crippen molar-refractivity contribution in [1.29, 1.82) is 0 Å². The molecule has 10 rings (SSSR count). The fourth-order valence-corrected chi connectivity index (χ4v) is 7.26. The van der Waals surface area contributed by atoms with Gasteiger partial charge in [-0.2, -0.15) is 0 Å². The van der Waals surface area contributed by atoms with Gasteiger partial charge in [0.2, 0.25) is 0 Å². The Morgan fingerprint density at radius 1 is 0.367 bits per heavy atom. The Hall–Kier alpha value is -6.44. The maximum absolute atomic E-state index is 9.28. The zero-order valence-electron chi connectivity index (χ0n) is 35.0. The molecule has 0 radical (unpaired) electrons. The van der Waals surface area contributed by atoms with Crippen LogP contribution in [0.1, 0.15) is 12.3 Å². The van der Waals surface area contributed by atoms with E-state index in [1.54, 1.807) is 12.1 Å². The van der Waals surface area contributed by atoms with E-state index in [-0.39, 0.29) is 28.8 Å². The first-order valence-corrected chi connectivity index (χ1v) is 16.1. The third-order valence-electron chi connectivity index (χ3n) is 9.42. The molecule has 0 saturated heterocycles. The Bertz CT molecular complexity index is 3290. The largest absolute Gasteiger partial charge is 0.455 e. The lowest BCUT2D eigenvalue weighted by Gasteiger charge is -2.19. The molecule has 1 heteroatoms. The summed E-state index contributed by atoms with van der Waals surface area (Å²) in [6.45, 7) is 0. The van der Waals surface area contributed by atoms with Crippen molar-refractivity contribution in [3.63, 3.8) is 0 Å². The number of benzene rings is 9. The summed E-state index contributed by atoms with van der Waals surface area (Å²) < 4.78 is 84.9. The molecule has 0 atom stereocenters. The van der Waals surface area contributed by atoms with Gasteiger partial charge in [0.25, 0.3) is 0 Å². The smallest absolute Gasteiger partial charge is 0.143 e. The molecule has 1 heterocycles. The number of furan rings is 1. The van der Waals surface area contributed by atoms with Crippen LogP contribution in [0, 0.1) is 0 Å². The molecular formula is C48H30O. The van der Waals surface area contributed by atoms with Crippen molar-refractivity contribution in [2.45, 2.75) is 0 Å². The maximum atomic E-state index is 9.28. The van der Waals surface area contributed by atoms with Gasteiger partial charge in [-0.25, -0.2) is 0 Å². The Morgan fingerprint density at radius 2 is 0.918 bits per heavy atom. The van der Waals surface area contributed by atoms with Crippen molar-refractivity contribution in [2.24, 2.45) is 0 Å². The average Bonchev–Trinajstić information content (AvgIpc) is 3.63.